The minimum atomic E-state index is 0.0206. The summed E-state index contributed by atoms with van der Waals surface area (Å²) >= 11 is 0. The Balaban J connectivity index is 1.49. The van der Waals surface area contributed by atoms with Crippen LogP contribution in [0, 0.1) is 6.92 Å². The molecule has 3 heterocycles. The summed E-state index contributed by atoms with van der Waals surface area (Å²) in [7, 11) is 1.77. The molecule has 0 radical (unpaired) electrons. The molecular formula is C24H30N4O3. The first-order chi connectivity index (χ1) is 15.0. The molecule has 2 aromatic rings. The topological polar surface area (TPSA) is 75.6 Å². The summed E-state index contributed by atoms with van der Waals surface area (Å²) in [6.45, 7) is 3.60. The highest BCUT2D eigenvalue weighted by Crippen LogP contribution is 2.28. The first kappa shape index (κ1) is 21.4. The van der Waals surface area contributed by atoms with Crippen molar-refractivity contribution in [2.75, 3.05) is 25.1 Å². The van der Waals surface area contributed by atoms with E-state index in [1.54, 1.807) is 16.8 Å². The molecule has 0 saturated carbocycles. The number of ether oxygens (including phenoxy) is 1. The molecular weight excluding hydrogens is 392 g/mol. The molecule has 1 atom stereocenters. The summed E-state index contributed by atoms with van der Waals surface area (Å²) in [4.78, 5) is 38.1. The molecule has 1 aromatic carbocycles. The summed E-state index contributed by atoms with van der Waals surface area (Å²) in [6, 6.07) is 10.1. The Labute approximate surface area is 183 Å². The van der Waals surface area contributed by atoms with Gasteiger partial charge in [-0.2, -0.15) is 0 Å². The molecule has 0 unspecified atom stereocenters. The Hall–Kier alpha value is -2.80. The minimum Gasteiger partial charge on any atom is -0.378 e. The molecule has 0 N–H and O–H groups in total. The first-order valence-corrected chi connectivity index (χ1v) is 11.1. The highest BCUT2D eigenvalue weighted by Gasteiger charge is 2.28. The fraction of sp³-hybridized carbons (Fsp3) is 0.500. The van der Waals surface area contributed by atoms with Crippen LogP contribution in [0.4, 0.5) is 5.82 Å². The molecule has 4 rings (SSSR count). The van der Waals surface area contributed by atoms with Gasteiger partial charge in [0.1, 0.15) is 11.6 Å². The number of aromatic nitrogens is 2. The number of hydrogen-bond acceptors (Lipinski definition) is 5. The Bertz CT molecular complexity index is 941. The largest absolute Gasteiger partial charge is 0.378 e. The van der Waals surface area contributed by atoms with Crippen LogP contribution in [0.3, 0.4) is 0 Å². The summed E-state index contributed by atoms with van der Waals surface area (Å²) in [5, 5.41) is 0. The fourth-order valence-corrected chi connectivity index (χ4v) is 4.28. The molecule has 0 spiro atoms. The zero-order chi connectivity index (χ0) is 21.8. The number of carbonyl (C=O) groups excluding carboxylic acids is 2. The second-order valence-corrected chi connectivity index (χ2v) is 8.40. The number of benzene rings is 1. The molecule has 1 aromatic heterocycles. The molecule has 2 aliphatic rings. The average molecular weight is 423 g/mol. The van der Waals surface area contributed by atoms with Gasteiger partial charge in [0.15, 0.2) is 0 Å². The average Bonchev–Trinajstić information content (AvgIpc) is 3.26. The van der Waals surface area contributed by atoms with Gasteiger partial charge >= 0.3 is 0 Å². The molecule has 31 heavy (non-hydrogen) atoms. The Morgan fingerprint density at radius 3 is 2.77 bits per heavy atom. The van der Waals surface area contributed by atoms with Crippen molar-refractivity contribution in [3.05, 3.63) is 53.0 Å². The molecule has 0 aliphatic carbocycles. The van der Waals surface area contributed by atoms with Gasteiger partial charge in [0.05, 0.1) is 19.1 Å². The maximum Gasteiger partial charge on any atom is 0.228 e. The molecule has 7 heteroatoms. The van der Waals surface area contributed by atoms with Crippen molar-refractivity contribution in [2.45, 2.75) is 58.1 Å². The number of nitrogens with zero attached hydrogens (tertiary/aromatic N) is 4. The van der Waals surface area contributed by atoms with Crippen LogP contribution in [0.1, 0.15) is 48.3 Å². The lowest BCUT2D eigenvalue weighted by Crippen LogP contribution is -2.38. The van der Waals surface area contributed by atoms with E-state index in [2.05, 4.69) is 17.1 Å². The van der Waals surface area contributed by atoms with Crippen molar-refractivity contribution in [2.24, 2.45) is 0 Å². The van der Waals surface area contributed by atoms with Gasteiger partial charge in [-0.3, -0.25) is 14.5 Å². The van der Waals surface area contributed by atoms with Crippen LogP contribution in [0.15, 0.2) is 30.3 Å². The van der Waals surface area contributed by atoms with E-state index in [4.69, 9.17) is 9.72 Å². The van der Waals surface area contributed by atoms with E-state index in [1.165, 1.54) is 5.56 Å². The van der Waals surface area contributed by atoms with Crippen molar-refractivity contribution >= 4 is 17.6 Å². The number of carbonyl (C=O) groups is 2. The Morgan fingerprint density at radius 1 is 1.23 bits per heavy atom. The van der Waals surface area contributed by atoms with Gasteiger partial charge in [-0.25, -0.2) is 9.97 Å². The third-order valence-electron chi connectivity index (χ3n) is 6.08. The molecule has 164 valence electrons. The van der Waals surface area contributed by atoms with Gasteiger partial charge in [-0.05, 0) is 38.2 Å². The minimum absolute atomic E-state index is 0.0206. The van der Waals surface area contributed by atoms with Gasteiger partial charge in [0, 0.05) is 37.9 Å². The summed E-state index contributed by atoms with van der Waals surface area (Å²) in [5.74, 6) is 1.40. The first-order valence-electron chi connectivity index (χ1n) is 11.1. The predicted molar refractivity (Wildman–Crippen MR) is 118 cm³/mol. The number of hydrogen-bond donors (Lipinski definition) is 0. The lowest BCUT2D eigenvalue weighted by Gasteiger charge is -2.30. The van der Waals surface area contributed by atoms with Crippen LogP contribution in [0.25, 0.3) is 0 Å². The zero-order valence-electron chi connectivity index (χ0n) is 18.3. The normalized spacial score (nSPS) is 18.2. The van der Waals surface area contributed by atoms with Crippen LogP contribution in [0.5, 0.6) is 0 Å². The standard InChI is InChI=1S/C24H30N4O3/c1-17-20-10-11-22(29)28(13-12-18-7-4-3-5-8-18)24(20)26-21(25-17)16-27(2)23(30)15-19-9-6-14-31-19/h3-5,7-8,19H,6,9-16H2,1-2H3/t19-/m0/s1. The van der Waals surface area contributed by atoms with Crippen LogP contribution in [-0.2, 0) is 33.7 Å². The third-order valence-corrected chi connectivity index (χ3v) is 6.08. The van der Waals surface area contributed by atoms with E-state index in [9.17, 15) is 9.59 Å². The molecule has 7 nitrogen and oxygen atoms in total. The fourth-order valence-electron chi connectivity index (χ4n) is 4.28. The van der Waals surface area contributed by atoms with Crippen molar-refractivity contribution in [1.29, 1.82) is 0 Å². The second kappa shape index (κ2) is 9.56. The molecule has 0 bridgehead atoms. The second-order valence-electron chi connectivity index (χ2n) is 8.40. The van der Waals surface area contributed by atoms with E-state index < -0.39 is 0 Å². The number of amides is 2. The van der Waals surface area contributed by atoms with Crippen LogP contribution < -0.4 is 4.90 Å². The summed E-state index contributed by atoms with van der Waals surface area (Å²) in [6.07, 6.45) is 4.27. The van der Waals surface area contributed by atoms with Crippen molar-refractivity contribution in [1.82, 2.24) is 14.9 Å². The third kappa shape index (κ3) is 5.10. The van der Waals surface area contributed by atoms with Crippen LogP contribution in [-0.4, -0.2) is 53.0 Å². The summed E-state index contributed by atoms with van der Waals surface area (Å²) in [5.41, 5.74) is 3.11. The van der Waals surface area contributed by atoms with Gasteiger partial charge in [-0.15, -0.1) is 0 Å². The lowest BCUT2D eigenvalue weighted by atomic mass is 10.0. The van der Waals surface area contributed by atoms with Crippen molar-refractivity contribution < 1.29 is 14.3 Å². The maximum atomic E-state index is 12.7. The van der Waals surface area contributed by atoms with E-state index in [0.717, 1.165) is 37.1 Å². The zero-order valence-corrected chi connectivity index (χ0v) is 18.3. The van der Waals surface area contributed by atoms with Crippen molar-refractivity contribution in [3.8, 4) is 0 Å². The van der Waals surface area contributed by atoms with Crippen molar-refractivity contribution in [3.63, 3.8) is 0 Å². The van der Waals surface area contributed by atoms with E-state index >= 15 is 0 Å². The summed E-state index contributed by atoms with van der Waals surface area (Å²) < 4.78 is 5.58. The maximum absolute atomic E-state index is 12.7. The van der Waals surface area contributed by atoms with E-state index in [1.807, 2.05) is 25.1 Å². The molecule has 2 amide bonds. The number of anilines is 1. The number of aryl methyl sites for hydroxylation is 1. The van der Waals surface area contributed by atoms with Gasteiger partial charge in [0.25, 0.3) is 0 Å². The highest BCUT2D eigenvalue weighted by atomic mass is 16.5. The SMILES string of the molecule is Cc1nc(CN(C)C(=O)C[C@@H]2CCCO2)nc2c1CCC(=O)N2CCc1ccccc1. The number of rotatable bonds is 7. The molecule has 1 saturated heterocycles. The van der Waals surface area contributed by atoms with Gasteiger partial charge in [-0.1, -0.05) is 30.3 Å². The molecule has 1 fully saturated rings. The van der Waals surface area contributed by atoms with Gasteiger partial charge in [0.2, 0.25) is 11.8 Å². The predicted octanol–water partition coefficient (Wildman–Crippen LogP) is 2.83. The number of fused-ring (bicyclic) bond motifs is 1. The van der Waals surface area contributed by atoms with E-state index in [-0.39, 0.29) is 17.9 Å². The van der Waals surface area contributed by atoms with Gasteiger partial charge < -0.3 is 9.64 Å². The Morgan fingerprint density at radius 2 is 2.03 bits per heavy atom. The van der Waals surface area contributed by atoms with E-state index in [0.29, 0.717) is 44.0 Å². The highest BCUT2D eigenvalue weighted by molar-refractivity contribution is 5.95. The van der Waals surface area contributed by atoms with Crippen LogP contribution >= 0.6 is 0 Å². The smallest absolute Gasteiger partial charge is 0.228 e. The quantitative estimate of drug-likeness (QED) is 0.686. The lowest BCUT2D eigenvalue weighted by molar-refractivity contribution is -0.132. The Kier molecular flexibility index (Phi) is 6.61. The molecule has 2 aliphatic heterocycles. The monoisotopic (exact) mass is 422 g/mol. The van der Waals surface area contributed by atoms with Crippen LogP contribution in [0.2, 0.25) is 0 Å².